The number of hydrogen-bond acceptors (Lipinski definition) is 5. The number of methoxy groups -OCH3 is 1. The quantitative estimate of drug-likeness (QED) is 0.729. The lowest BCUT2D eigenvalue weighted by Gasteiger charge is -2.34. The van der Waals surface area contributed by atoms with E-state index in [0.29, 0.717) is 11.8 Å². The first kappa shape index (κ1) is 20.9. The number of esters is 1. The molecule has 8 heteroatoms. The first-order valence-electron chi connectivity index (χ1n) is 8.91. The van der Waals surface area contributed by atoms with Crippen LogP contribution in [0, 0.1) is 11.8 Å². The van der Waals surface area contributed by atoms with Crippen molar-refractivity contribution in [3.63, 3.8) is 0 Å². The van der Waals surface area contributed by atoms with Crippen molar-refractivity contribution < 1.29 is 32.6 Å². The van der Waals surface area contributed by atoms with Crippen molar-refractivity contribution in [1.82, 2.24) is 5.32 Å². The van der Waals surface area contributed by atoms with Crippen LogP contribution in [0.15, 0.2) is 18.2 Å². The third-order valence-electron chi connectivity index (χ3n) is 5.00. The van der Waals surface area contributed by atoms with Crippen LogP contribution in [0.5, 0.6) is 11.5 Å². The van der Waals surface area contributed by atoms with Gasteiger partial charge in [0.15, 0.2) is 18.1 Å². The lowest BCUT2D eigenvalue weighted by molar-refractivity contribution is -0.125. The SMILES string of the molecule is COc1cc(C(=O)OCC(=O)N[C@H]2CCC[C@H](C)[C@H]2C)ccc1OC(F)F. The Morgan fingerprint density at radius 3 is 2.63 bits per heavy atom. The number of benzene rings is 1. The monoisotopic (exact) mass is 385 g/mol. The van der Waals surface area contributed by atoms with Gasteiger partial charge in [0.25, 0.3) is 5.91 Å². The van der Waals surface area contributed by atoms with Gasteiger partial charge in [0.2, 0.25) is 0 Å². The normalized spacial score (nSPS) is 22.2. The van der Waals surface area contributed by atoms with Gasteiger partial charge in [-0.3, -0.25) is 4.79 Å². The molecule has 3 atom stereocenters. The predicted octanol–water partition coefficient (Wildman–Crippen LogP) is 3.39. The van der Waals surface area contributed by atoms with Gasteiger partial charge < -0.3 is 19.5 Å². The molecule has 1 saturated carbocycles. The molecule has 0 bridgehead atoms. The summed E-state index contributed by atoms with van der Waals surface area (Å²) in [7, 11) is 1.27. The molecule has 0 spiro atoms. The van der Waals surface area contributed by atoms with E-state index in [1.807, 2.05) is 0 Å². The van der Waals surface area contributed by atoms with Crippen LogP contribution in [-0.4, -0.2) is 38.2 Å². The molecule has 0 saturated heterocycles. The van der Waals surface area contributed by atoms with Crippen LogP contribution in [0.4, 0.5) is 8.78 Å². The second kappa shape index (κ2) is 9.53. The summed E-state index contributed by atoms with van der Waals surface area (Å²) in [6, 6.07) is 3.76. The maximum absolute atomic E-state index is 12.3. The van der Waals surface area contributed by atoms with Gasteiger partial charge in [-0.2, -0.15) is 8.78 Å². The smallest absolute Gasteiger partial charge is 0.387 e. The largest absolute Gasteiger partial charge is 0.493 e. The van der Waals surface area contributed by atoms with Crippen LogP contribution in [0.2, 0.25) is 0 Å². The molecular weight excluding hydrogens is 360 g/mol. The summed E-state index contributed by atoms with van der Waals surface area (Å²) in [6.45, 7) is 0.854. The van der Waals surface area contributed by atoms with Gasteiger partial charge in [-0.25, -0.2) is 4.79 Å². The van der Waals surface area contributed by atoms with E-state index in [1.54, 1.807) is 0 Å². The molecule has 27 heavy (non-hydrogen) atoms. The molecule has 0 aromatic heterocycles. The van der Waals surface area contributed by atoms with Gasteiger partial charge in [0.05, 0.1) is 12.7 Å². The first-order valence-corrected chi connectivity index (χ1v) is 8.91. The van der Waals surface area contributed by atoms with E-state index in [-0.39, 0.29) is 29.0 Å². The maximum atomic E-state index is 12.3. The summed E-state index contributed by atoms with van der Waals surface area (Å²) in [5.74, 6) is -0.435. The highest BCUT2D eigenvalue weighted by atomic mass is 19.3. The molecule has 2 rings (SSSR count). The Hall–Kier alpha value is -2.38. The number of hydrogen-bond donors (Lipinski definition) is 1. The number of ether oxygens (including phenoxy) is 3. The van der Waals surface area contributed by atoms with Crippen molar-refractivity contribution in [1.29, 1.82) is 0 Å². The fourth-order valence-electron chi connectivity index (χ4n) is 3.24. The Bertz CT molecular complexity index is 668. The zero-order chi connectivity index (χ0) is 20.0. The molecule has 6 nitrogen and oxygen atoms in total. The van der Waals surface area contributed by atoms with Gasteiger partial charge in [0, 0.05) is 6.04 Å². The Balaban J connectivity index is 1.90. The maximum Gasteiger partial charge on any atom is 0.387 e. The van der Waals surface area contributed by atoms with E-state index in [4.69, 9.17) is 9.47 Å². The summed E-state index contributed by atoms with van der Waals surface area (Å²) in [5, 5.41) is 2.91. The first-order chi connectivity index (χ1) is 12.8. The van der Waals surface area contributed by atoms with Crippen LogP contribution >= 0.6 is 0 Å². The topological polar surface area (TPSA) is 73.9 Å². The van der Waals surface area contributed by atoms with E-state index >= 15 is 0 Å². The summed E-state index contributed by atoms with van der Waals surface area (Å²) in [6.07, 6.45) is 3.12. The standard InChI is InChI=1S/C19H25F2NO5/c1-11-5-4-6-14(12(11)2)22-17(23)10-26-18(24)13-7-8-15(27-19(20)21)16(9-13)25-3/h7-9,11-12,14,19H,4-6,10H2,1-3H3,(H,22,23)/t11-,12+,14-/m0/s1. The highest BCUT2D eigenvalue weighted by molar-refractivity contribution is 5.92. The second-order valence-electron chi connectivity index (χ2n) is 6.76. The van der Waals surface area contributed by atoms with Crippen molar-refractivity contribution in [2.24, 2.45) is 11.8 Å². The molecule has 1 amide bonds. The number of carbonyl (C=O) groups is 2. The number of rotatable bonds is 7. The van der Waals surface area contributed by atoms with Gasteiger partial charge in [-0.05, 0) is 36.5 Å². The van der Waals surface area contributed by atoms with Crippen LogP contribution < -0.4 is 14.8 Å². The molecule has 0 radical (unpaired) electrons. The van der Waals surface area contributed by atoms with E-state index in [1.165, 1.54) is 25.3 Å². The van der Waals surface area contributed by atoms with Crippen molar-refractivity contribution in [2.75, 3.05) is 13.7 Å². The minimum absolute atomic E-state index is 0.0285. The summed E-state index contributed by atoms with van der Waals surface area (Å²) in [5.41, 5.74) is 0.0703. The molecule has 150 valence electrons. The molecule has 1 aromatic carbocycles. The molecule has 1 fully saturated rings. The number of alkyl halides is 2. The van der Waals surface area contributed by atoms with Crippen molar-refractivity contribution in [3.8, 4) is 11.5 Å². The third-order valence-corrected chi connectivity index (χ3v) is 5.00. The third kappa shape index (κ3) is 5.80. The van der Waals surface area contributed by atoms with Crippen LogP contribution in [-0.2, 0) is 9.53 Å². The van der Waals surface area contributed by atoms with Crippen LogP contribution in [0.25, 0.3) is 0 Å². The molecule has 0 heterocycles. The van der Waals surface area contributed by atoms with E-state index < -0.39 is 19.2 Å². The highest BCUT2D eigenvalue weighted by Crippen LogP contribution is 2.30. The minimum Gasteiger partial charge on any atom is -0.493 e. The Morgan fingerprint density at radius 1 is 1.22 bits per heavy atom. The van der Waals surface area contributed by atoms with Gasteiger partial charge in [0.1, 0.15) is 0 Å². The van der Waals surface area contributed by atoms with E-state index in [9.17, 15) is 18.4 Å². The van der Waals surface area contributed by atoms with Crippen molar-refractivity contribution in [2.45, 2.75) is 45.8 Å². The van der Waals surface area contributed by atoms with Crippen LogP contribution in [0.1, 0.15) is 43.5 Å². The van der Waals surface area contributed by atoms with Gasteiger partial charge in [-0.15, -0.1) is 0 Å². The molecule has 1 aliphatic rings. The number of carbonyl (C=O) groups excluding carboxylic acids is 2. The Labute approximate surface area is 157 Å². The van der Waals surface area contributed by atoms with Crippen molar-refractivity contribution in [3.05, 3.63) is 23.8 Å². The summed E-state index contributed by atoms with van der Waals surface area (Å²) < 4.78 is 38.9. The number of halogens is 2. The molecule has 1 aliphatic carbocycles. The number of amides is 1. The Kier molecular flexibility index (Phi) is 7.38. The molecule has 1 N–H and O–H groups in total. The average molecular weight is 385 g/mol. The average Bonchev–Trinajstić information content (AvgIpc) is 2.63. The molecular formula is C19H25F2NO5. The summed E-state index contributed by atoms with van der Waals surface area (Å²) >= 11 is 0. The zero-order valence-corrected chi connectivity index (χ0v) is 15.7. The lowest BCUT2D eigenvalue weighted by Crippen LogP contribution is -2.45. The number of nitrogens with one attached hydrogen (secondary N) is 1. The summed E-state index contributed by atoms with van der Waals surface area (Å²) in [4.78, 5) is 24.2. The Morgan fingerprint density at radius 2 is 1.96 bits per heavy atom. The van der Waals surface area contributed by atoms with Crippen LogP contribution in [0.3, 0.4) is 0 Å². The minimum atomic E-state index is -3.01. The molecule has 0 unspecified atom stereocenters. The van der Waals surface area contributed by atoms with Crippen molar-refractivity contribution >= 4 is 11.9 Å². The zero-order valence-electron chi connectivity index (χ0n) is 15.7. The van der Waals surface area contributed by atoms with Gasteiger partial charge in [-0.1, -0.05) is 26.7 Å². The molecule has 0 aliphatic heterocycles. The fraction of sp³-hybridized carbons (Fsp3) is 0.579. The van der Waals surface area contributed by atoms with E-state index in [2.05, 4.69) is 23.9 Å². The van der Waals surface area contributed by atoms with Gasteiger partial charge >= 0.3 is 12.6 Å². The fourth-order valence-corrected chi connectivity index (χ4v) is 3.24. The lowest BCUT2D eigenvalue weighted by atomic mass is 9.78. The predicted molar refractivity (Wildman–Crippen MR) is 94.0 cm³/mol. The van der Waals surface area contributed by atoms with E-state index in [0.717, 1.165) is 19.3 Å². The second-order valence-corrected chi connectivity index (χ2v) is 6.76. The molecule has 1 aromatic rings. The highest BCUT2D eigenvalue weighted by Gasteiger charge is 2.28.